The van der Waals surface area contributed by atoms with E-state index < -0.39 is 22.0 Å². The predicted molar refractivity (Wildman–Crippen MR) is 110 cm³/mol. The van der Waals surface area contributed by atoms with Crippen LogP contribution in [0.1, 0.15) is 53.1 Å². The molecule has 1 aliphatic carbocycles. The number of rotatable bonds is 6. The summed E-state index contributed by atoms with van der Waals surface area (Å²) in [6.07, 6.45) is 2.23. The largest absolute Gasteiger partial charge is 0.456 e. The van der Waals surface area contributed by atoms with Gasteiger partial charge in [0.1, 0.15) is 11.9 Å². The minimum absolute atomic E-state index is 0.0920. The van der Waals surface area contributed by atoms with Gasteiger partial charge in [0.05, 0.1) is 4.90 Å². The Morgan fingerprint density at radius 3 is 2.67 bits per heavy atom. The molecule has 30 heavy (non-hydrogen) atoms. The van der Waals surface area contributed by atoms with Crippen LogP contribution >= 0.6 is 0 Å². The number of esters is 1. The van der Waals surface area contributed by atoms with Crippen LogP contribution < -0.4 is 4.72 Å². The highest BCUT2D eigenvalue weighted by Gasteiger charge is 2.32. The van der Waals surface area contributed by atoms with Gasteiger partial charge in [-0.25, -0.2) is 13.2 Å². The first kappa shape index (κ1) is 20.3. The molecule has 2 heterocycles. The van der Waals surface area contributed by atoms with Gasteiger partial charge >= 0.3 is 5.97 Å². The molecule has 9 heteroatoms. The van der Waals surface area contributed by atoms with Crippen molar-refractivity contribution < 1.29 is 22.7 Å². The lowest BCUT2D eigenvalue weighted by Crippen LogP contribution is -2.27. The summed E-state index contributed by atoms with van der Waals surface area (Å²) in [5.74, 6) is -0.875. The summed E-state index contributed by atoms with van der Waals surface area (Å²) in [6, 6.07) is 7.71. The number of nitrogens with zero attached hydrogens (tertiary/aromatic N) is 2. The van der Waals surface area contributed by atoms with Crippen molar-refractivity contribution in [2.75, 3.05) is 6.61 Å². The van der Waals surface area contributed by atoms with E-state index in [4.69, 9.17) is 4.74 Å². The highest BCUT2D eigenvalue weighted by molar-refractivity contribution is 7.90. The summed E-state index contributed by atoms with van der Waals surface area (Å²) in [4.78, 5) is 29.2. The molecule has 0 bridgehead atoms. The molecular formula is C21H23N3O5S. The fourth-order valence-corrected chi connectivity index (χ4v) is 5.00. The Hall–Kier alpha value is -2.94. The number of ether oxygens (including phenoxy) is 1. The Morgan fingerprint density at radius 2 is 1.97 bits per heavy atom. The maximum Gasteiger partial charge on any atom is 0.331 e. The number of hydrogen-bond acceptors (Lipinski definition) is 6. The van der Waals surface area contributed by atoms with Gasteiger partial charge in [-0.2, -0.15) is 0 Å². The molecule has 0 radical (unpaired) electrons. The van der Waals surface area contributed by atoms with Crippen LogP contribution in [0.5, 0.6) is 0 Å². The number of benzene rings is 1. The third-order valence-electron chi connectivity index (χ3n) is 5.37. The Bertz CT molecular complexity index is 1180. The van der Waals surface area contributed by atoms with E-state index in [9.17, 15) is 18.0 Å². The van der Waals surface area contributed by atoms with Crippen molar-refractivity contribution in [3.8, 4) is 0 Å². The van der Waals surface area contributed by atoms with E-state index in [1.165, 1.54) is 13.0 Å². The topological polar surface area (TPSA) is 107 Å². The molecule has 2 aliphatic rings. The van der Waals surface area contributed by atoms with E-state index in [0.717, 1.165) is 24.2 Å². The van der Waals surface area contributed by atoms with Gasteiger partial charge < -0.3 is 9.30 Å². The zero-order chi connectivity index (χ0) is 21.6. The number of carbonyl (C=O) groups is 2. The highest BCUT2D eigenvalue weighted by atomic mass is 32.2. The molecule has 2 aromatic rings. The molecule has 8 nitrogen and oxygen atoms in total. The molecular weight excluding hydrogens is 406 g/mol. The molecule has 0 spiro atoms. The van der Waals surface area contributed by atoms with Gasteiger partial charge in [-0.3, -0.25) is 14.5 Å². The van der Waals surface area contributed by atoms with Crippen molar-refractivity contribution in [2.24, 2.45) is 4.99 Å². The predicted octanol–water partition coefficient (Wildman–Crippen LogP) is 2.29. The van der Waals surface area contributed by atoms with Gasteiger partial charge in [-0.05, 0) is 51.8 Å². The second kappa shape index (κ2) is 7.39. The van der Waals surface area contributed by atoms with Crippen LogP contribution in [0.4, 0.5) is 0 Å². The molecule has 0 saturated heterocycles. The third kappa shape index (κ3) is 3.65. The zero-order valence-corrected chi connectivity index (χ0v) is 17.8. The van der Waals surface area contributed by atoms with Gasteiger partial charge in [-0.15, -0.1) is 0 Å². The first-order chi connectivity index (χ1) is 14.2. The van der Waals surface area contributed by atoms with Crippen LogP contribution in [0, 0.1) is 13.8 Å². The van der Waals surface area contributed by atoms with Crippen molar-refractivity contribution >= 4 is 27.6 Å². The number of Topliss-reactive ketones (excluding diaryl/α,β-unsaturated/α-hetero) is 1. The lowest BCUT2D eigenvalue weighted by Gasteiger charge is -2.10. The maximum absolute atomic E-state index is 12.6. The lowest BCUT2D eigenvalue weighted by molar-refractivity contribution is -0.143. The number of carbonyl (C=O) groups excluding carboxylic acids is 2. The van der Waals surface area contributed by atoms with Crippen LogP contribution in [0.3, 0.4) is 0 Å². The fourth-order valence-electron chi connectivity index (χ4n) is 3.77. The van der Waals surface area contributed by atoms with Crippen molar-refractivity contribution in [1.29, 1.82) is 0 Å². The number of sulfonamides is 1. The Morgan fingerprint density at radius 1 is 1.27 bits per heavy atom. The summed E-state index contributed by atoms with van der Waals surface area (Å²) in [5, 5.41) is 0. The van der Waals surface area contributed by atoms with Gasteiger partial charge in [-0.1, -0.05) is 12.1 Å². The van der Waals surface area contributed by atoms with Crippen LogP contribution in [0.15, 0.2) is 40.2 Å². The second-order valence-corrected chi connectivity index (χ2v) is 9.32. The van der Waals surface area contributed by atoms with Crippen LogP contribution in [-0.2, 0) is 19.6 Å². The number of nitrogens with one attached hydrogen (secondary N) is 1. The number of aromatic nitrogens is 1. The number of aryl methyl sites for hydroxylation is 1. The summed E-state index contributed by atoms with van der Waals surface area (Å²) in [6.45, 7) is 4.98. The first-order valence-corrected chi connectivity index (χ1v) is 11.3. The summed E-state index contributed by atoms with van der Waals surface area (Å²) < 4.78 is 34.0. The van der Waals surface area contributed by atoms with Crippen molar-refractivity contribution in [3.05, 3.63) is 52.8 Å². The maximum atomic E-state index is 12.6. The monoisotopic (exact) mass is 429 g/mol. The Kier molecular flexibility index (Phi) is 5.01. The minimum Gasteiger partial charge on any atom is -0.456 e. The number of aliphatic imine (C=N–C) groups is 1. The quantitative estimate of drug-likeness (QED) is 0.560. The molecule has 1 aromatic carbocycles. The molecule has 1 aliphatic heterocycles. The third-order valence-corrected chi connectivity index (χ3v) is 6.77. The number of fused-ring (bicyclic) bond motifs is 1. The summed E-state index contributed by atoms with van der Waals surface area (Å²) >= 11 is 0. The second-order valence-electron chi connectivity index (χ2n) is 7.67. The van der Waals surface area contributed by atoms with E-state index in [0.29, 0.717) is 17.2 Å². The van der Waals surface area contributed by atoms with Crippen molar-refractivity contribution in [3.63, 3.8) is 0 Å². The standard InChI is InChI=1S/C21H23N3O5S/c1-12-10-17(14(3)24(12)15-8-9-15)18(25)11-29-21(26)13(2)22-20-16-6-4-5-7-19(16)30(27,28)23-20/h4-7,10,13,15H,8-9,11H2,1-3H3,(H,22,23). The van der Waals surface area contributed by atoms with E-state index >= 15 is 0 Å². The first-order valence-electron chi connectivity index (χ1n) is 9.77. The molecule has 4 rings (SSSR count). The normalized spacial score (nSPS) is 19.2. The lowest BCUT2D eigenvalue weighted by atomic mass is 10.1. The van der Waals surface area contributed by atoms with E-state index in [-0.39, 0.29) is 23.1 Å². The summed E-state index contributed by atoms with van der Waals surface area (Å²) in [7, 11) is -3.69. The zero-order valence-electron chi connectivity index (χ0n) is 17.0. The average Bonchev–Trinajstić information content (AvgIpc) is 3.44. The van der Waals surface area contributed by atoms with E-state index in [1.54, 1.807) is 18.2 Å². The molecule has 1 fully saturated rings. The fraction of sp³-hybridized carbons (Fsp3) is 0.381. The van der Waals surface area contributed by atoms with Gasteiger partial charge in [0.2, 0.25) is 5.78 Å². The van der Waals surface area contributed by atoms with Crippen LogP contribution in [0.2, 0.25) is 0 Å². The van der Waals surface area contributed by atoms with Crippen LogP contribution in [-0.4, -0.2) is 43.2 Å². The number of hydrogen-bond donors (Lipinski definition) is 1. The minimum atomic E-state index is -3.69. The smallest absolute Gasteiger partial charge is 0.331 e. The Balaban J connectivity index is 1.43. The summed E-state index contributed by atoms with van der Waals surface area (Å²) in [5.41, 5.74) is 2.88. The van der Waals surface area contributed by atoms with Crippen molar-refractivity contribution in [2.45, 2.75) is 50.6 Å². The van der Waals surface area contributed by atoms with Gasteiger partial charge in [0.25, 0.3) is 10.0 Å². The van der Waals surface area contributed by atoms with Crippen LogP contribution in [0.25, 0.3) is 0 Å². The molecule has 1 atom stereocenters. The van der Waals surface area contributed by atoms with E-state index in [2.05, 4.69) is 14.3 Å². The molecule has 158 valence electrons. The number of ketones is 1. The highest BCUT2D eigenvalue weighted by Crippen LogP contribution is 2.38. The SMILES string of the molecule is Cc1cc(C(=O)COC(=O)C(C)N=C2NS(=O)(=O)c3ccccc32)c(C)n1C1CC1. The molecule has 1 saturated carbocycles. The van der Waals surface area contributed by atoms with Crippen molar-refractivity contribution in [1.82, 2.24) is 9.29 Å². The number of amidine groups is 1. The molecule has 1 N–H and O–H groups in total. The molecule has 1 aromatic heterocycles. The average molecular weight is 429 g/mol. The van der Waals surface area contributed by atoms with E-state index in [1.807, 2.05) is 19.9 Å². The van der Waals surface area contributed by atoms with Gasteiger partial charge in [0, 0.05) is 28.6 Å². The molecule has 1 unspecified atom stereocenters. The molecule has 0 amide bonds. The Labute approximate surface area is 175 Å². The van der Waals surface area contributed by atoms with Gasteiger partial charge in [0.15, 0.2) is 6.61 Å².